The normalized spacial score (nSPS) is 12.2. The molecule has 0 aliphatic heterocycles. The topological polar surface area (TPSA) is 83.6 Å². The van der Waals surface area contributed by atoms with Crippen molar-refractivity contribution in [1.82, 2.24) is 10.1 Å². The highest BCUT2D eigenvalue weighted by Crippen LogP contribution is 2.26. The van der Waals surface area contributed by atoms with Gasteiger partial charge in [0.1, 0.15) is 5.76 Å². The minimum atomic E-state index is -0.838. The Morgan fingerprint density at radius 3 is 2.55 bits per heavy atom. The van der Waals surface area contributed by atoms with E-state index < -0.39 is 5.97 Å². The second-order valence-electron chi connectivity index (χ2n) is 5.16. The first kappa shape index (κ1) is 16.2. The summed E-state index contributed by atoms with van der Waals surface area (Å²) in [5.41, 5.74) is 1.80. The van der Waals surface area contributed by atoms with E-state index in [1.54, 1.807) is 11.9 Å². The molecule has 0 saturated carbocycles. The number of rotatable bonds is 7. The number of aliphatic carboxylic acids is 1. The van der Waals surface area contributed by atoms with Crippen LogP contribution in [0.15, 0.2) is 4.52 Å². The molecule has 0 radical (unpaired) electrons. The Morgan fingerprint density at radius 1 is 1.40 bits per heavy atom. The third kappa shape index (κ3) is 4.36. The number of aryl methyl sites for hydroxylation is 2. The third-order valence-corrected chi connectivity index (χ3v) is 3.37. The van der Waals surface area contributed by atoms with Crippen molar-refractivity contribution < 1.29 is 19.2 Å². The maximum atomic E-state index is 12.1. The molecule has 0 aliphatic carbocycles. The largest absolute Gasteiger partial charge is 0.481 e. The predicted molar refractivity (Wildman–Crippen MR) is 73.5 cm³/mol. The molecule has 0 fully saturated rings. The van der Waals surface area contributed by atoms with Crippen molar-refractivity contribution in [3.05, 3.63) is 17.0 Å². The molecule has 1 rings (SSSR count). The Labute approximate surface area is 118 Å². The fraction of sp³-hybridized carbons (Fsp3) is 0.643. The van der Waals surface area contributed by atoms with E-state index >= 15 is 0 Å². The first-order valence-electron chi connectivity index (χ1n) is 6.71. The summed E-state index contributed by atoms with van der Waals surface area (Å²) < 4.78 is 5.11. The molecule has 1 unspecified atom stereocenters. The molecule has 6 heteroatoms. The van der Waals surface area contributed by atoms with Crippen LogP contribution >= 0.6 is 0 Å². The number of nitrogens with zero attached hydrogens (tertiary/aromatic N) is 2. The predicted octanol–water partition coefficient (Wildman–Crippen LogP) is 2.11. The molecule has 0 saturated heterocycles. The zero-order valence-electron chi connectivity index (χ0n) is 12.5. The van der Waals surface area contributed by atoms with Gasteiger partial charge in [0.15, 0.2) is 0 Å². The fourth-order valence-corrected chi connectivity index (χ4v) is 2.31. The summed E-state index contributed by atoms with van der Waals surface area (Å²) >= 11 is 0. The van der Waals surface area contributed by atoms with Gasteiger partial charge in [-0.25, -0.2) is 0 Å². The van der Waals surface area contributed by atoms with Gasteiger partial charge in [-0.05, 0) is 26.2 Å². The molecule has 1 atom stereocenters. The summed E-state index contributed by atoms with van der Waals surface area (Å²) in [6.07, 6.45) is 0.917. The number of hydrogen-bond acceptors (Lipinski definition) is 4. The molecule has 1 amide bonds. The second kappa shape index (κ2) is 7.07. The Morgan fingerprint density at radius 2 is 2.05 bits per heavy atom. The summed E-state index contributed by atoms with van der Waals surface area (Å²) in [5.74, 6) is -0.0511. The van der Waals surface area contributed by atoms with Crippen LogP contribution in [0.3, 0.4) is 0 Å². The highest BCUT2D eigenvalue weighted by atomic mass is 16.5. The van der Waals surface area contributed by atoms with E-state index in [4.69, 9.17) is 9.63 Å². The van der Waals surface area contributed by atoms with Gasteiger partial charge in [-0.2, -0.15) is 0 Å². The lowest BCUT2D eigenvalue weighted by atomic mass is 9.95. The molecule has 1 aromatic heterocycles. The Hall–Kier alpha value is -1.85. The van der Waals surface area contributed by atoms with Gasteiger partial charge < -0.3 is 14.5 Å². The molecule has 0 spiro atoms. The van der Waals surface area contributed by atoms with Crippen LogP contribution in [0.2, 0.25) is 0 Å². The van der Waals surface area contributed by atoms with Crippen LogP contribution in [0.4, 0.5) is 0 Å². The molecule has 1 N–H and O–H groups in total. The highest BCUT2D eigenvalue weighted by molar-refractivity contribution is 5.77. The molecule has 0 aromatic carbocycles. The van der Waals surface area contributed by atoms with Crippen molar-refractivity contribution in [1.29, 1.82) is 0 Å². The second-order valence-corrected chi connectivity index (χ2v) is 5.16. The van der Waals surface area contributed by atoms with Gasteiger partial charge >= 0.3 is 5.97 Å². The van der Waals surface area contributed by atoms with Crippen molar-refractivity contribution in [3.63, 3.8) is 0 Å². The quantitative estimate of drug-likeness (QED) is 0.828. The monoisotopic (exact) mass is 282 g/mol. The van der Waals surface area contributed by atoms with Crippen molar-refractivity contribution >= 4 is 11.9 Å². The summed E-state index contributed by atoms with van der Waals surface area (Å²) in [7, 11) is 1.70. The van der Waals surface area contributed by atoms with Crippen molar-refractivity contribution in [3.8, 4) is 0 Å². The van der Waals surface area contributed by atoms with Crippen LogP contribution in [0.5, 0.6) is 0 Å². The lowest BCUT2D eigenvalue weighted by molar-refractivity contribution is -0.138. The standard InChI is InChI=1S/C14H22N2O4/c1-9(14-10(2)15-20-11(14)3)8-12(17)16(4)7-5-6-13(18)19/h9H,5-8H2,1-4H3,(H,18,19). The van der Waals surface area contributed by atoms with Crippen LogP contribution in [0.25, 0.3) is 0 Å². The van der Waals surface area contributed by atoms with Crippen LogP contribution in [0, 0.1) is 13.8 Å². The number of hydrogen-bond donors (Lipinski definition) is 1. The number of aromatic nitrogens is 1. The highest BCUT2D eigenvalue weighted by Gasteiger charge is 2.20. The lowest BCUT2D eigenvalue weighted by Gasteiger charge is -2.19. The molecule has 1 aromatic rings. The first-order valence-corrected chi connectivity index (χ1v) is 6.71. The maximum absolute atomic E-state index is 12.1. The van der Waals surface area contributed by atoms with E-state index in [0.717, 1.165) is 17.0 Å². The molecule has 112 valence electrons. The van der Waals surface area contributed by atoms with Gasteiger partial charge in [-0.1, -0.05) is 12.1 Å². The smallest absolute Gasteiger partial charge is 0.303 e. The van der Waals surface area contributed by atoms with Gasteiger partial charge in [0.2, 0.25) is 5.91 Å². The zero-order valence-corrected chi connectivity index (χ0v) is 12.5. The molecule has 0 aliphatic rings. The number of carbonyl (C=O) groups is 2. The van der Waals surface area contributed by atoms with E-state index in [1.165, 1.54) is 0 Å². The zero-order chi connectivity index (χ0) is 15.3. The van der Waals surface area contributed by atoms with E-state index in [9.17, 15) is 9.59 Å². The summed E-state index contributed by atoms with van der Waals surface area (Å²) in [6, 6.07) is 0. The van der Waals surface area contributed by atoms with Gasteiger partial charge in [-0.15, -0.1) is 0 Å². The van der Waals surface area contributed by atoms with E-state index in [2.05, 4.69) is 5.16 Å². The van der Waals surface area contributed by atoms with E-state index in [-0.39, 0.29) is 18.2 Å². The fourth-order valence-electron chi connectivity index (χ4n) is 2.31. The lowest BCUT2D eigenvalue weighted by Crippen LogP contribution is -2.29. The minimum Gasteiger partial charge on any atom is -0.481 e. The Kier molecular flexibility index (Phi) is 5.73. The Balaban J connectivity index is 2.51. The number of carboxylic acid groups (broad SMARTS) is 1. The molecule has 0 bridgehead atoms. The van der Waals surface area contributed by atoms with Gasteiger partial charge in [0.05, 0.1) is 5.69 Å². The van der Waals surface area contributed by atoms with E-state index in [0.29, 0.717) is 19.4 Å². The van der Waals surface area contributed by atoms with Crippen LogP contribution in [-0.4, -0.2) is 40.6 Å². The first-order chi connectivity index (χ1) is 9.32. The van der Waals surface area contributed by atoms with Gasteiger partial charge in [0.25, 0.3) is 0 Å². The molecule has 1 heterocycles. The minimum absolute atomic E-state index is 0.00267. The van der Waals surface area contributed by atoms with Crippen LogP contribution in [-0.2, 0) is 9.59 Å². The third-order valence-electron chi connectivity index (χ3n) is 3.37. The number of carboxylic acids is 1. The molecule has 20 heavy (non-hydrogen) atoms. The van der Waals surface area contributed by atoms with E-state index in [1.807, 2.05) is 20.8 Å². The number of amides is 1. The van der Waals surface area contributed by atoms with Crippen molar-refractivity contribution in [2.75, 3.05) is 13.6 Å². The van der Waals surface area contributed by atoms with Gasteiger partial charge in [0, 0.05) is 32.0 Å². The SMILES string of the molecule is Cc1noc(C)c1C(C)CC(=O)N(C)CCCC(=O)O. The average molecular weight is 282 g/mol. The molecule has 6 nitrogen and oxygen atoms in total. The maximum Gasteiger partial charge on any atom is 0.303 e. The van der Waals surface area contributed by atoms with Crippen LogP contribution in [0.1, 0.15) is 49.1 Å². The molecular formula is C14H22N2O4. The molecular weight excluding hydrogens is 260 g/mol. The summed E-state index contributed by atoms with van der Waals surface area (Å²) in [4.78, 5) is 24.1. The number of carbonyl (C=O) groups excluding carboxylic acids is 1. The summed E-state index contributed by atoms with van der Waals surface area (Å²) in [6.45, 7) is 6.13. The Bertz CT molecular complexity index is 462. The van der Waals surface area contributed by atoms with Crippen LogP contribution < -0.4 is 0 Å². The van der Waals surface area contributed by atoms with Gasteiger partial charge in [-0.3, -0.25) is 9.59 Å². The average Bonchev–Trinajstić information content (AvgIpc) is 2.68. The van der Waals surface area contributed by atoms with Crippen molar-refractivity contribution in [2.45, 2.75) is 46.0 Å². The van der Waals surface area contributed by atoms with Crippen molar-refractivity contribution in [2.24, 2.45) is 0 Å². The summed E-state index contributed by atoms with van der Waals surface area (Å²) in [5, 5.41) is 12.5.